The van der Waals surface area contributed by atoms with Crippen molar-refractivity contribution in [1.82, 2.24) is 10.3 Å². The van der Waals surface area contributed by atoms with Crippen molar-refractivity contribution in [1.29, 1.82) is 0 Å². The number of nitrogens with one attached hydrogen (secondary N) is 2. The number of hydrogen-bond acceptors (Lipinski definition) is 3. The zero-order valence-corrected chi connectivity index (χ0v) is 12.4. The number of anilines is 1. The van der Waals surface area contributed by atoms with E-state index in [4.69, 9.17) is 11.6 Å². The topological polar surface area (TPSA) is 37.0 Å². The van der Waals surface area contributed by atoms with Crippen molar-refractivity contribution in [3.63, 3.8) is 0 Å². The Morgan fingerprint density at radius 2 is 1.88 bits per heavy atom. The van der Waals surface area contributed by atoms with Gasteiger partial charge in [0.1, 0.15) is 0 Å². The van der Waals surface area contributed by atoms with Crippen molar-refractivity contribution in [2.24, 2.45) is 0 Å². The molecule has 0 saturated carbocycles. The standard InChI is InChI=1S/C10H14ClN3.3ClH/c11-9-7-13-6-3-10(9)14-8-1-4-12-5-2-8;;;/h3,6-8,12H,1-2,4-5H2,(H,13,14);3*1H. The highest BCUT2D eigenvalue weighted by Gasteiger charge is 2.13. The number of nitrogens with zero attached hydrogens (tertiary/aromatic N) is 1. The molecule has 2 N–H and O–H groups in total. The van der Waals surface area contributed by atoms with E-state index in [-0.39, 0.29) is 37.2 Å². The maximum absolute atomic E-state index is 6.00. The Hall–Kier alpha value is 0.0700. The van der Waals surface area contributed by atoms with Gasteiger partial charge in [-0.15, -0.1) is 37.2 Å². The smallest absolute Gasteiger partial charge is 0.0820 e. The molecule has 7 heteroatoms. The van der Waals surface area contributed by atoms with Crippen LogP contribution in [0.2, 0.25) is 5.02 Å². The molecule has 2 rings (SSSR count). The van der Waals surface area contributed by atoms with Gasteiger partial charge >= 0.3 is 0 Å². The van der Waals surface area contributed by atoms with E-state index in [9.17, 15) is 0 Å². The molecule has 1 aromatic rings. The summed E-state index contributed by atoms with van der Waals surface area (Å²) in [6, 6.07) is 2.46. The Morgan fingerprint density at radius 1 is 1.24 bits per heavy atom. The minimum atomic E-state index is 0. The lowest BCUT2D eigenvalue weighted by molar-refractivity contribution is 0.479. The monoisotopic (exact) mass is 319 g/mol. The van der Waals surface area contributed by atoms with Crippen LogP contribution in [0.5, 0.6) is 0 Å². The second-order valence-corrected chi connectivity index (χ2v) is 3.93. The molecule has 1 aliphatic heterocycles. The second kappa shape index (κ2) is 10.0. The molecule has 1 fully saturated rings. The SMILES string of the molecule is Cl.Cl.Cl.Clc1cnccc1NC1CCNCC1. The van der Waals surface area contributed by atoms with Crippen molar-refractivity contribution in [2.75, 3.05) is 18.4 Å². The highest BCUT2D eigenvalue weighted by atomic mass is 35.5. The summed E-state index contributed by atoms with van der Waals surface area (Å²) in [7, 11) is 0. The average molecular weight is 321 g/mol. The minimum absolute atomic E-state index is 0. The van der Waals surface area contributed by atoms with E-state index in [1.807, 2.05) is 6.07 Å². The highest BCUT2D eigenvalue weighted by molar-refractivity contribution is 6.33. The van der Waals surface area contributed by atoms with Crippen molar-refractivity contribution in [3.8, 4) is 0 Å². The molecule has 0 bridgehead atoms. The van der Waals surface area contributed by atoms with E-state index in [0.717, 1.165) is 31.6 Å². The summed E-state index contributed by atoms with van der Waals surface area (Å²) >= 11 is 6.00. The second-order valence-electron chi connectivity index (χ2n) is 3.52. The lowest BCUT2D eigenvalue weighted by atomic mass is 10.1. The first-order valence-electron chi connectivity index (χ1n) is 4.93. The van der Waals surface area contributed by atoms with Gasteiger partial charge in [-0.25, -0.2) is 0 Å². The van der Waals surface area contributed by atoms with Crippen molar-refractivity contribution in [2.45, 2.75) is 18.9 Å². The van der Waals surface area contributed by atoms with Crippen LogP contribution in [0, 0.1) is 0 Å². The first-order chi connectivity index (χ1) is 6.86. The first-order valence-corrected chi connectivity index (χ1v) is 5.31. The molecule has 0 aliphatic carbocycles. The molecule has 17 heavy (non-hydrogen) atoms. The number of pyridine rings is 1. The summed E-state index contributed by atoms with van der Waals surface area (Å²) in [5, 5.41) is 7.47. The van der Waals surface area contributed by atoms with Crippen LogP contribution >= 0.6 is 48.8 Å². The molecule has 3 nitrogen and oxygen atoms in total. The summed E-state index contributed by atoms with van der Waals surface area (Å²) in [6.45, 7) is 2.17. The number of piperidine rings is 1. The summed E-state index contributed by atoms with van der Waals surface area (Å²) in [6.07, 6.45) is 5.73. The van der Waals surface area contributed by atoms with Crippen molar-refractivity contribution < 1.29 is 0 Å². The van der Waals surface area contributed by atoms with Crippen LogP contribution in [-0.4, -0.2) is 24.1 Å². The van der Waals surface area contributed by atoms with Crippen molar-refractivity contribution >= 4 is 54.5 Å². The number of rotatable bonds is 2. The van der Waals surface area contributed by atoms with Gasteiger partial charge < -0.3 is 10.6 Å². The van der Waals surface area contributed by atoms with Gasteiger partial charge in [0.15, 0.2) is 0 Å². The van der Waals surface area contributed by atoms with Crippen LogP contribution in [-0.2, 0) is 0 Å². The molecular weight excluding hydrogens is 304 g/mol. The summed E-state index contributed by atoms with van der Waals surface area (Å²) in [4.78, 5) is 3.95. The number of aromatic nitrogens is 1. The molecule has 100 valence electrons. The van der Waals surface area contributed by atoms with Gasteiger partial charge in [0.25, 0.3) is 0 Å². The Kier molecular flexibility index (Phi) is 11.5. The third-order valence-corrected chi connectivity index (χ3v) is 2.77. The van der Waals surface area contributed by atoms with E-state index in [2.05, 4.69) is 15.6 Å². The van der Waals surface area contributed by atoms with E-state index >= 15 is 0 Å². The van der Waals surface area contributed by atoms with Gasteiger partial charge in [0.2, 0.25) is 0 Å². The van der Waals surface area contributed by atoms with Crippen LogP contribution in [0.25, 0.3) is 0 Å². The zero-order valence-electron chi connectivity index (χ0n) is 9.19. The number of halogens is 4. The Labute approximate surface area is 125 Å². The predicted octanol–water partition coefficient (Wildman–Crippen LogP) is 3.16. The third-order valence-electron chi connectivity index (χ3n) is 2.47. The van der Waals surface area contributed by atoms with Crippen LogP contribution in [0.15, 0.2) is 18.5 Å². The molecular formula is C10H17Cl4N3. The van der Waals surface area contributed by atoms with Crippen LogP contribution in [0.1, 0.15) is 12.8 Å². The lowest BCUT2D eigenvalue weighted by Gasteiger charge is -2.24. The zero-order chi connectivity index (χ0) is 9.80. The van der Waals surface area contributed by atoms with E-state index in [1.165, 1.54) is 0 Å². The van der Waals surface area contributed by atoms with Crippen LogP contribution in [0.4, 0.5) is 5.69 Å². The minimum Gasteiger partial charge on any atom is -0.381 e. The van der Waals surface area contributed by atoms with Gasteiger partial charge in [0.05, 0.1) is 10.7 Å². The molecule has 1 aliphatic rings. The Morgan fingerprint density at radius 3 is 2.47 bits per heavy atom. The maximum Gasteiger partial charge on any atom is 0.0820 e. The largest absolute Gasteiger partial charge is 0.381 e. The molecule has 1 saturated heterocycles. The lowest BCUT2D eigenvalue weighted by Crippen LogP contribution is -2.35. The summed E-state index contributed by atoms with van der Waals surface area (Å²) in [5.41, 5.74) is 0.994. The molecule has 0 atom stereocenters. The van der Waals surface area contributed by atoms with E-state index < -0.39 is 0 Å². The summed E-state index contributed by atoms with van der Waals surface area (Å²) in [5.74, 6) is 0. The fourth-order valence-corrected chi connectivity index (χ4v) is 1.85. The molecule has 0 unspecified atom stereocenters. The van der Waals surface area contributed by atoms with Crippen LogP contribution < -0.4 is 10.6 Å². The molecule has 0 radical (unpaired) electrons. The summed E-state index contributed by atoms with van der Waals surface area (Å²) < 4.78 is 0. The first kappa shape index (κ1) is 19.4. The van der Waals surface area contributed by atoms with E-state index in [1.54, 1.807) is 12.4 Å². The van der Waals surface area contributed by atoms with Gasteiger partial charge in [0, 0.05) is 18.4 Å². The fourth-order valence-electron chi connectivity index (χ4n) is 1.68. The fraction of sp³-hybridized carbons (Fsp3) is 0.500. The normalized spacial score (nSPS) is 14.9. The van der Waals surface area contributed by atoms with Crippen LogP contribution in [0.3, 0.4) is 0 Å². The molecule has 0 spiro atoms. The highest BCUT2D eigenvalue weighted by Crippen LogP contribution is 2.21. The Balaban J connectivity index is 0. The van der Waals surface area contributed by atoms with Gasteiger partial charge in [-0.2, -0.15) is 0 Å². The van der Waals surface area contributed by atoms with Gasteiger partial charge in [-0.05, 0) is 32.0 Å². The quantitative estimate of drug-likeness (QED) is 0.879. The van der Waals surface area contributed by atoms with Crippen molar-refractivity contribution in [3.05, 3.63) is 23.5 Å². The Bertz CT molecular complexity index is 305. The molecule has 0 aromatic carbocycles. The average Bonchev–Trinajstić information content (AvgIpc) is 2.23. The van der Waals surface area contributed by atoms with Gasteiger partial charge in [-0.3, -0.25) is 4.98 Å². The number of hydrogen-bond donors (Lipinski definition) is 2. The van der Waals surface area contributed by atoms with Gasteiger partial charge in [-0.1, -0.05) is 11.6 Å². The van der Waals surface area contributed by atoms with E-state index in [0.29, 0.717) is 11.1 Å². The molecule has 0 amide bonds. The predicted molar refractivity (Wildman–Crippen MR) is 80.5 cm³/mol. The molecule has 2 heterocycles. The maximum atomic E-state index is 6.00. The third kappa shape index (κ3) is 5.98. The molecule has 1 aromatic heterocycles.